The summed E-state index contributed by atoms with van der Waals surface area (Å²) < 4.78 is 0. The van der Waals surface area contributed by atoms with Gasteiger partial charge in [-0.25, -0.2) is 0 Å². The lowest BCUT2D eigenvalue weighted by Gasteiger charge is -2.37. The van der Waals surface area contributed by atoms with Crippen molar-refractivity contribution in [3.63, 3.8) is 0 Å². The highest BCUT2D eigenvalue weighted by molar-refractivity contribution is 5.63. The third-order valence-electron chi connectivity index (χ3n) is 3.04. The SMILES string of the molecule is O=[N+]([O-])c1ccc(O)c(N2CCNC[C@@H]2CO)c1. The number of benzene rings is 1. The van der Waals surface area contributed by atoms with Crippen LogP contribution in [0, 0.1) is 10.1 Å². The lowest BCUT2D eigenvalue weighted by molar-refractivity contribution is -0.384. The zero-order valence-corrected chi connectivity index (χ0v) is 9.74. The Kier molecular flexibility index (Phi) is 3.63. The minimum absolute atomic E-state index is 0.0130. The van der Waals surface area contributed by atoms with E-state index in [2.05, 4.69) is 5.32 Å². The van der Waals surface area contributed by atoms with Crippen LogP contribution >= 0.6 is 0 Å². The Morgan fingerprint density at radius 1 is 1.56 bits per heavy atom. The molecule has 1 aliphatic rings. The van der Waals surface area contributed by atoms with E-state index in [1.54, 1.807) is 4.90 Å². The van der Waals surface area contributed by atoms with Gasteiger partial charge in [0.15, 0.2) is 0 Å². The first-order valence-corrected chi connectivity index (χ1v) is 5.69. The molecule has 0 spiro atoms. The Bertz CT molecular complexity index is 452. The highest BCUT2D eigenvalue weighted by atomic mass is 16.6. The van der Waals surface area contributed by atoms with Crippen molar-refractivity contribution in [3.8, 4) is 5.75 Å². The fourth-order valence-corrected chi connectivity index (χ4v) is 2.10. The van der Waals surface area contributed by atoms with E-state index in [0.717, 1.165) is 0 Å². The summed E-state index contributed by atoms with van der Waals surface area (Å²) in [5.74, 6) is -0.0130. The van der Waals surface area contributed by atoms with Crippen molar-refractivity contribution >= 4 is 11.4 Å². The molecule has 2 rings (SSSR count). The van der Waals surface area contributed by atoms with Crippen molar-refractivity contribution in [3.05, 3.63) is 28.3 Å². The van der Waals surface area contributed by atoms with Crippen LogP contribution in [-0.4, -0.2) is 47.4 Å². The fraction of sp³-hybridized carbons (Fsp3) is 0.455. The molecule has 1 saturated heterocycles. The molecule has 1 aromatic rings. The van der Waals surface area contributed by atoms with E-state index in [9.17, 15) is 20.3 Å². The van der Waals surface area contributed by atoms with E-state index < -0.39 is 4.92 Å². The van der Waals surface area contributed by atoms with Gasteiger partial charge in [0, 0.05) is 31.8 Å². The van der Waals surface area contributed by atoms with Crippen LogP contribution in [0.25, 0.3) is 0 Å². The summed E-state index contributed by atoms with van der Waals surface area (Å²) >= 11 is 0. The number of non-ortho nitro benzene ring substituents is 1. The van der Waals surface area contributed by atoms with Gasteiger partial charge in [-0.1, -0.05) is 0 Å². The van der Waals surface area contributed by atoms with Gasteiger partial charge in [0.2, 0.25) is 0 Å². The molecule has 1 atom stereocenters. The summed E-state index contributed by atoms with van der Waals surface area (Å²) in [7, 11) is 0. The third-order valence-corrected chi connectivity index (χ3v) is 3.04. The number of nitrogens with one attached hydrogen (secondary N) is 1. The van der Waals surface area contributed by atoms with Gasteiger partial charge in [-0.15, -0.1) is 0 Å². The number of phenols is 1. The summed E-state index contributed by atoms with van der Waals surface area (Å²) in [5, 5.41) is 33.0. The summed E-state index contributed by atoms with van der Waals surface area (Å²) in [5.41, 5.74) is 0.322. The molecule has 0 amide bonds. The van der Waals surface area contributed by atoms with E-state index >= 15 is 0 Å². The predicted octanol–water partition coefficient (Wildman–Crippen LogP) is 0.0709. The monoisotopic (exact) mass is 253 g/mol. The van der Waals surface area contributed by atoms with Gasteiger partial charge >= 0.3 is 0 Å². The zero-order valence-electron chi connectivity index (χ0n) is 9.74. The van der Waals surface area contributed by atoms with E-state index in [1.165, 1.54) is 18.2 Å². The van der Waals surface area contributed by atoms with Crippen LogP contribution in [0.4, 0.5) is 11.4 Å². The minimum Gasteiger partial charge on any atom is -0.506 e. The quantitative estimate of drug-likeness (QED) is 0.521. The summed E-state index contributed by atoms with van der Waals surface area (Å²) in [4.78, 5) is 12.0. The third kappa shape index (κ3) is 2.36. The Labute approximate surface area is 104 Å². The van der Waals surface area contributed by atoms with Gasteiger partial charge < -0.3 is 20.4 Å². The van der Waals surface area contributed by atoms with E-state index in [-0.39, 0.29) is 24.1 Å². The van der Waals surface area contributed by atoms with Gasteiger partial charge in [-0.05, 0) is 6.07 Å². The van der Waals surface area contributed by atoms with E-state index in [4.69, 9.17) is 0 Å². The molecule has 0 bridgehead atoms. The topological polar surface area (TPSA) is 98.9 Å². The number of nitro benzene ring substituents is 1. The molecule has 0 aliphatic carbocycles. The fourth-order valence-electron chi connectivity index (χ4n) is 2.10. The van der Waals surface area contributed by atoms with Gasteiger partial charge in [-0.3, -0.25) is 10.1 Å². The van der Waals surface area contributed by atoms with Crippen LogP contribution in [-0.2, 0) is 0 Å². The van der Waals surface area contributed by atoms with Crippen LogP contribution in [0.15, 0.2) is 18.2 Å². The van der Waals surface area contributed by atoms with Crippen molar-refractivity contribution in [1.29, 1.82) is 0 Å². The maximum Gasteiger partial charge on any atom is 0.271 e. The van der Waals surface area contributed by atoms with Gasteiger partial charge in [-0.2, -0.15) is 0 Å². The van der Waals surface area contributed by atoms with Crippen LogP contribution in [0.1, 0.15) is 0 Å². The Hall–Kier alpha value is -1.86. The molecule has 18 heavy (non-hydrogen) atoms. The number of aliphatic hydroxyl groups excluding tert-OH is 1. The maximum atomic E-state index is 10.7. The second-order valence-corrected chi connectivity index (χ2v) is 4.16. The van der Waals surface area contributed by atoms with Gasteiger partial charge in [0.1, 0.15) is 5.75 Å². The zero-order chi connectivity index (χ0) is 13.1. The van der Waals surface area contributed by atoms with Crippen molar-refractivity contribution in [2.75, 3.05) is 31.1 Å². The number of aliphatic hydroxyl groups is 1. The van der Waals surface area contributed by atoms with Crippen molar-refractivity contribution in [1.82, 2.24) is 5.32 Å². The summed E-state index contributed by atoms with van der Waals surface area (Å²) in [6.07, 6.45) is 0. The number of aromatic hydroxyl groups is 1. The molecule has 1 heterocycles. The van der Waals surface area contributed by atoms with Gasteiger partial charge in [0.05, 0.1) is 23.3 Å². The highest BCUT2D eigenvalue weighted by Gasteiger charge is 2.25. The van der Waals surface area contributed by atoms with Crippen LogP contribution in [0.3, 0.4) is 0 Å². The van der Waals surface area contributed by atoms with E-state index in [1.807, 2.05) is 0 Å². The molecule has 0 unspecified atom stereocenters. The highest BCUT2D eigenvalue weighted by Crippen LogP contribution is 2.32. The van der Waals surface area contributed by atoms with Crippen LogP contribution in [0.5, 0.6) is 5.75 Å². The summed E-state index contributed by atoms with van der Waals surface area (Å²) in [6, 6.07) is 3.72. The van der Waals surface area contributed by atoms with Crippen LogP contribution in [0.2, 0.25) is 0 Å². The van der Waals surface area contributed by atoms with Crippen molar-refractivity contribution in [2.45, 2.75) is 6.04 Å². The predicted molar refractivity (Wildman–Crippen MR) is 65.9 cm³/mol. The number of anilines is 1. The lowest BCUT2D eigenvalue weighted by Crippen LogP contribution is -2.53. The molecule has 0 radical (unpaired) electrons. The molecule has 0 aromatic heterocycles. The Morgan fingerprint density at radius 3 is 3.00 bits per heavy atom. The second kappa shape index (κ2) is 5.19. The van der Waals surface area contributed by atoms with Crippen molar-refractivity contribution < 1.29 is 15.1 Å². The number of nitro groups is 1. The van der Waals surface area contributed by atoms with Gasteiger partial charge in [0.25, 0.3) is 5.69 Å². The number of piperazine rings is 1. The average Bonchev–Trinajstić information content (AvgIpc) is 2.39. The normalized spacial score (nSPS) is 19.8. The smallest absolute Gasteiger partial charge is 0.271 e. The first-order chi connectivity index (χ1) is 8.63. The maximum absolute atomic E-state index is 10.7. The average molecular weight is 253 g/mol. The standard InChI is InChI=1S/C11H15N3O4/c15-7-9-6-12-3-4-13(9)10-5-8(14(17)18)1-2-11(10)16/h1-2,5,9,12,15-16H,3-4,6-7H2/t9-/m1/s1. The number of phenolic OH excluding ortho intramolecular Hbond substituents is 1. The molecule has 7 heteroatoms. The number of hydrogen-bond donors (Lipinski definition) is 3. The first-order valence-electron chi connectivity index (χ1n) is 5.69. The van der Waals surface area contributed by atoms with E-state index in [0.29, 0.717) is 25.3 Å². The number of nitrogens with zero attached hydrogens (tertiary/aromatic N) is 2. The molecular weight excluding hydrogens is 238 g/mol. The Balaban J connectivity index is 2.35. The molecule has 0 saturated carbocycles. The molecule has 3 N–H and O–H groups in total. The van der Waals surface area contributed by atoms with Crippen molar-refractivity contribution in [2.24, 2.45) is 0 Å². The number of rotatable bonds is 3. The molecular formula is C11H15N3O4. The van der Waals surface area contributed by atoms with Crippen LogP contribution < -0.4 is 10.2 Å². The molecule has 1 aromatic carbocycles. The molecule has 1 aliphatic heterocycles. The second-order valence-electron chi connectivity index (χ2n) is 4.16. The summed E-state index contributed by atoms with van der Waals surface area (Å²) in [6.45, 7) is 1.80. The number of hydrogen-bond acceptors (Lipinski definition) is 6. The largest absolute Gasteiger partial charge is 0.506 e. The first kappa shape index (κ1) is 12.6. The lowest BCUT2D eigenvalue weighted by atomic mass is 10.1. The molecule has 7 nitrogen and oxygen atoms in total. The molecule has 1 fully saturated rings. The molecule has 98 valence electrons. The Morgan fingerprint density at radius 2 is 2.33 bits per heavy atom. The minimum atomic E-state index is -0.501.